The molecule has 2 aromatic heterocycles. The summed E-state index contributed by atoms with van der Waals surface area (Å²) in [7, 11) is 0. The third kappa shape index (κ3) is 3.54. The zero-order valence-corrected chi connectivity index (χ0v) is 12.5. The Morgan fingerprint density at radius 1 is 0.905 bits per heavy atom. The molecule has 4 nitrogen and oxygen atoms in total. The molecule has 0 radical (unpaired) electrons. The molecule has 2 fully saturated rings. The molecule has 5 heteroatoms. The Bertz CT molecular complexity index is 493. The van der Waals surface area contributed by atoms with Crippen molar-refractivity contribution < 1.29 is 18.3 Å². The van der Waals surface area contributed by atoms with Crippen LogP contribution in [-0.4, -0.2) is 35.9 Å². The van der Waals surface area contributed by atoms with Gasteiger partial charge in [0.25, 0.3) is 0 Å². The van der Waals surface area contributed by atoms with Crippen molar-refractivity contribution in [2.45, 2.75) is 35.5 Å². The molecular weight excluding hydrogens is 288 g/mol. The molecule has 0 bridgehead atoms. The fourth-order valence-electron chi connectivity index (χ4n) is 2.55. The van der Waals surface area contributed by atoms with Gasteiger partial charge in [-0.25, -0.2) is 0 Å². The highest BCUT2D eigenvalue weighted by molar-refractivity contribution is 8.00. The zero-order valence-electron chi connectivity index (χ0n) is 11.6. The van der Waals surface area contributed by atoms with Gasteiger partial charge in [0.1, 0.15) is 11.5 Å². The van der Waals surface area contributed by atoms with Crippen molar-refractivity contribution in [2.75, 3.05) is 13.2 Å². The van der Waals surface area contributed by atoms with Crippen LogP contribution in [0.5, 0.6) is 0 Å². The van der Waals surface area contributed by atoms with Gasteiger partial charge in [0.05, 0.1) is 37.9 Å². The van der Waals surface area contributed by atoms with E-state index in [1.807, 2.05) is 36.0 Å². The molecule has 0 aromatic carbocycles. The van der Waals surface area contributed by atoms with Crippen molar-refractivity contribution in [2.24, 2.45) is 0 Å². The maximum absolute atomic E-state index is 5.53. The summed E-state index contributed by atoms with van der Waals surface area (Å²) in [5, 5.41) is 0.834. The summed E-state index contributed by atoms with van der Waals surface area (Å²) in [6.45, 7) is 1.72. The van der Waals surface area contributed by atoms with Crippen LogP contribution in [0.15, 0.2) is 45.6 Å². The fraction of sp³-hybridized carbons (Fsp3) is 0.500. The van der Waals surface area contributed by atoms with Gasteiger partial charge in [0.2, 0.25) is 0 Å². The van der Waals surface area contributed by atoms with E-state index in [0.717, 1.165) is 37.6 Å². The molecule has 2 aliphatic rings. The second kappa shape index (κ2) is 5.91. The number of thioether (sulfide) groups is 1. The number of epoxide rings is 2. The van der Waals surface area contributed by atoms with E-state index in [-0.39, 0.29) is 0 Å². The molecule has 2 saturated heterocycles. The van der Waals surface area contributed by atoms with Crippen molar-refractivity contribution in [1.29, 1.82) is 0 Å². The Labute approximate surface area is 127 Å². The Balaban J connectivity index is 1.42. The number of rotatable bonds is 8. The van der Waals surface area contributed by atoms with E-state index in [9.17, 15) is 0 Å². The predicted octanol–water partition coefficient (Wildman–Crippen LogP) is 2.93. The van der Waals surface area contributed by atoms with Crippen molar-refractivity contribution in [3.63, 3.8) is 0 Å². The van der Waals surface area contributed by atoms with Gasteiger partial charge in [0.15, 0.2) is 0 Å². The fourth-order valence-corrected chi connectivity index (χ4v) is 4.19. The number of hydrogen-bond donors (Lipinski definition) is 0. The molecule has 2 aromatic rings. The van der Waals surface area contributed by atoms with E-state index in [2.05, 4.69) is 0 Å². The maximum atomic E-state index is 5.53. The van der Waals surface area contributed by atoms with E-state index in [4.69, 9.17) is 18.3 Å². The van der Waals surface area contributed by atoms with Crippen LogP contribution in [-0.2, 0) is 22.3 Å². The SMILES string of the molecule is c1coc(CC(SC(Cc2ccco2)C2CO2)C2CO2)c1. The van der Waals surface area contributed by atoms with Crippen LogP contribution < -0.4 is 0 Å². The molecule has 0 saturated carbocycles. The van der Waals surface area contributed by atoms with Gasteiger partial charge < -0.3 is 18.3 Å². The van der Waals surface area contributed by atoms with Crippen molar-refractivity contribution >= 4 is 11.8 Å². The molecular formula is C16H18O4S. The van der Waals surface area contributed by atoms with Crippen LogP contribution in [0.2, 0.25) is 0 Å². The van der Waals surface area contributed by atoms with Crippen LogP contribution in [0, 0.1) is 0 Å². The Morgan fingerprint density at radius 3 is 1.71 bits per heavy atom. The number of ether oxygens (including phenoxy) is 2. The standard InChI is InChI=1S/C16H18O4S/c1-3-11(17-5-1)7-15(13-9-19-13)21-16(14-10-20-14)8-12-4-2-6-18-12/h1-6,13-16H,7-10H2. The lowest BCUT2D eigenvalue weighted by molar-refractivity contribution is 0.384. The molecule has 0 aliphatic carbocycles. The smallest absolute Gasteiger partial charge is 0.104 e. The third-order valence-electron chi connectivity index (χ3n) is 3.86. The minimum atomic E-state index is 0.345. The van der Waals surface area contributed by atoms with Crippen LogP contribution in [0.3, 0.4) is 0 Å². The minimum Gasteiger partial charge on any atom is -0.469 e. The summed E-state index contributed by atoms with van der Waals surface area (Å²) in [4.78, 5) is 0. The monoisotopic (exact) mass is 306 g/mol. The Kier molecular flexibility index (Phi) is 3.80. The van der Waals surface area contributed by atoms with Crippen LogP contribution in [0.4, 0.5) is 0 Å². The molecule has 0 N–H and O–H groups in total. The van der Waals surface area contributed by atoms with Gasteiger partial charge in [-0.15, -0.1) is 11.8 Å². The van der Waals surface area contributed by atoms with Gasteiger partial charge in [-0.2, -0.15) is 0 Å². The summed E-state index contributed by atoms with van der Waals surface area (Å²) < 4.78 is 22.0. The second-order valence-corrected chi connectivity index (χ2v) is 7.01. The highest BCUT2D eigenvalue weighted by atomic mass is 32.2. The maximum Gasteiger partial charge on any atom is 0.104 e. The van der Waals surface area contributed by atoms with Crippen LogP contribution in [0.1, 0.15) is 11.5 Å². The van der Waals surface area contributed by atoms with Gasteiger partial charge in [-0.3, -0.25) is 0 Å². The number of furan rings is 2. The summed E-state index contributed by atoms with van der Waals surface area (Å²) >= 11 is 1.96. The van der Waals surface area contributed by atoms with Gasteiger partial charge in [-0.1, -0.05) is 0 Å². The average Bonchev–Trinajstić information content (AvgIpc) is 3.41. The lowest BCUT2D eigenvalue weighted by Gasteiger charge is -2.19. The first-order valence-corrected chi connectivity index (χ1v) is 8.26. The first-order chi connectivity index (χ1) is 10.4. The first kappa shape index (κ1) is 13.5. The third-order valence-corrected chi connectivity index (χ3v) is 5.50. The minimum absolute atomic E-state index is 0.345. The molecule has 4 unspecified atom stereocenters. The van der Waals surface area contributed by atoms with Crippen molar-refractivity contribution in [3.8, 4) is 0 Å². The Hall–Kier alpha value is -1.17. The van der Waals surface area contributed by atoms with E-state index in [0.29, 0.717) is 22.7 Å². The lowest BCUT2D eigenvalue weighted by atomic mass is 10.2. The Morgan fingerprint density at radius 2 is 1.38 bits per heavy atom. The van der Waals surface area contributed by atoms with E-state index < -0.39 is 0 Å². The van der Waals surface area contributed by atoms with Gasteiger partial charge in [-0.05, 0) is 24.3 Å². The summed E-state index contributed by atoms with van der Waals surface area (Å²) in [5.74, 6) is 2.05. The molecule has 4 heterocycles. The normalized spacial score (nSPS) is 26.5. The lowest BCUT2D eigenvalue weighted by Crippen LogP contribution is -2.24. The molecule has 21 heavy (non-hydrogen) atoms. The zero-order chi connectivity index (χ0) is 14.1. The second-order valence-electron chi connectivity index (χ2n) is 5.52. The highest BCUT2D eigenvalue weighted by Gasteiger charge is 2.41. The molecule has 4 atom stereocenters. The van der Waals surface area contributed by atoms with Gasteiger partial charge >= 0.3 is 0 Å². The highest BCUT2D eigenvalue weighted by Crippen LogP contribution is 2.37. The quantitative estimate of drug-likeness (QED) is 0.702. The van der Waals surface area contributed by atoms with E-state index in [1.165, 1.54) is 0 Å². The van der Waals surface area contributed by atoms with Crippen LogP contribution in [0.25, 0.3) is 0 Å². The van der Waals surface area contributed by atoms with E-state index in [1.54, 1.807) is 12.5 Å². The largest absolute Gasteiger partial charge is 0.469 e. The summed E-state index contributed by atoms with van der Waals surface area (Å²) in [6, 6.07) is 7.94. The van der Waals surface area contributed by atoms with Crippen molar-refractivity contribution in [1.82, 2.24) is 0 Å². The number of hydrogen-bond acceptors (Lipinski definition) is 5. The molecule has 0 spiro atoms. The topological polar surface area (TPSA) is 51.3 Å². The molecule has 2 aliphatic heterocycles. The summed E-state index contributed by atoms with van der Waals surface area (Å²) in [6.07, 6.45) is 5.97. The summed E-state index contributed by atoms with van der Waals surface area (Å²) in [5.41, 5.74) is 0. The average molecular weight is 306 g/mol. The molecule has 112 valence electrons. The first-order valence-electron chi connectivity index (χ1n) is 7.32. The molecule has 4 rings (SSSR count). The van der Waals surface area contributed by atoms with Crippen LogP contribution >= 0.6 is 11.8 Å². The molecule has 0 amide bonds. The van der Waals surface area contributed by atoms with Gasteiger partial charge in [0, 0.05) is 23.3 Å². The van der Waals surface area contributed by atoms with E-state index >= 15 is 0 Å². The predicted molar refractivity (Wildman–Crippen MR) is 79.5 cm³/mol. The van der Waals surface area contributed by atoms with Crippen molar-refractivity contribution in [3.05, 3.63) is 48.3 Å².